The summed E-state index contributed by atoms with van der Waals surface area (Å²) in [4.78, 5) is 15.2. The monoisotopic (exact) mass is 345 g/mol. The summed E-state index contributed by atoms with van der Waals surface area (Å²) in [6.07, 6.45) is 1.11. The van der Waals surface area contributed by atoms with Crippen molar-refractivity contribution in [2.24, 2.45) is 0 Å². The number of hydrogen-bond acceptors (Lipinski definition) is 1. The molecule has 0 bridgehead atoms. The summed E-state index contributed by atoms with van der Waals surface area (Å²) < 4.78 is 0. The molecule has 24 heavy (non-hydrogen) atoms. The van der Waals surface area contributed by atoms with Crippen molar-refractivity contribution >= 4 is 14.0 Å². The van der Waals surface area contributed by atoms with Crippen molar-refractivity contribution in [3.05, 3.63) is 35.4 Å². The van der Waals surface area contributed by atoms with E-state index in [2.05, 4.69) is 76.9 Å². The van der Waals surface area contributed by atoms with E-state index in [9.17, 15) is 4.79 Å². The van der Waals surface area contributed by atoms with Crippen LogP contribution in [0.25, 0.3) is 0 Å². The third-order valence-corrected chi connectivity index (χ3v) is 9.37. The molecule has 134 valence electrons. The van der Waals surface area contributed by atoms with Crippen LogP contribution in [0.2, 0.25) is 25.2 Å². The van der Waals surface area contributed by atoms with Gasteiger partial charge in [0.1, 0.15) is 0 Å². The van der Waals surface area contributed by atoms with Crippen molar-refractivity contribution < 1.29 is 4.79 Å². The normalized spacial score (nSPS) is 18.5. The third-order valence-electron chi connectivity index (χ3n) is 6.21. The maximum Gasteiger partial charge on any atom is 0.232 e. The van der Waals surface area contributed by atoms with Gasteiger partial charge in [-0.2, -0.15) is 0 Å². The molecule has 0 spiro atoms. The zero-order chi connectivity index (χ0) is 18.2. The Kier molecular flexibility index (Phi) is 5.34. The van der Waals surface area contributed by atoms with Gasteiger partial charge in [-0.1, -0.05) is 58.1 Å². The van der Waals surface area contributed by atoms with Crippen molar-refractivity contribution in [3.8, 4) is 0 Å². The molecule has 1 aromatic carbocycles. The number of nitrogens with zero attached hydrogens (tertiary/aromatic N) is 1. The predicted molar refractivity (Wildman–Crippen MR) is 106 cm³/mol. The highest BCUT2D eigenvalue weighted by molar-refractivity contribution is 6.77. The van der Waals surface area contributed by atoms with Gasteiger partial charge in [-0.05, 0) is 48.9 Å². The van der Waals surface area contributed by atoms with Crippen molar-refractivity contribution in [3.63, 3.8) is 0 Å². The summed E-state index contributed by atoms with van der Waals surface area (Å²) in [6, 6.07) is 11.2. The minimum absolute atomic E-state index is 0.190. The third kappa shape index (κ3) is 3.93. The first-order valence-electron chi connectivity index (χ1n) is 9.40. The summed E-state index contributed by atoms with van der Waals surface area (Å²) in [6.45, 7) is 17.7. The fourth-order valence-electron chi connectivity index (χ4n) is 3.38. The van der Waals surface area contributed by atoms with Gasteiger partial charge in [-0.3, -0.25) is 4.79 Å². The van der Waals surface area contributed by atoms with Gasteiger partial charge in [0, 0.05) is 13.1 Å². The van der Waals surface area contributed by atoms with Crippen LogP contribution in [0, 0.1) is 0 Å². The van der Waals surface area contributed by atoms with E-state index in [0.717, 1.165) is 25.1 Å². The highest BCUT2D eigenvalue weighted by atomic mass is 28.3. The molecule has 0 saturated carbocycles. The zero-order valence-electron chi connectivity index (χ0n) is 16.7. The minimum Gasteiger partial charge on any atom is -0.343 e. The van der Waals surface area contributed by atoms with Crippen LogP contribution < -0.4 is 0 Å². The van der Waals surface area contributed by atoms with Crippen LogP contribution in [-0.4, -0.2) is 32.0 Å². The molecule has 0 radical (unpaired) electrons. The van der Waals surface area contributed by atoms with Gasteiger partial charge in [0.15, 0.2) is 0 Å². The smallest absolute Gasteiger partial charge is 0.232 e. The molecule has 1 saturated heterocycles. The SMILES string of the molecule is CCC(C)(C)c1ccc(C(C)(C)C(=O)N2CC[Si](C)(C)CC2)cc1. The average Bonchev–Trinajstić information content (AvgIpc) is 2.54. The Hall–Kier alpha value is -1.09. The number of rotatable bonds is 4. The molecule has 1 heterocycles. The second-order valence-corrected chi connectivity index (χ2v) is 14.7. The van der Waals surface area contributed by atoms with Gasteiger partial charge in [-0.15, -0.1) is 0 Å². The number of carbonyl (C=O) groups is 1. The van der Waals surface area contributed by atoms with Crippen LogP contribution in [0.4, 0.5) is 0 Å². The van der Waals surface area contributed by atoms with E-state index < -0.39 is 13.5 Å². The Morgan fingerprint density at radius 2 is 1.46 bits per heavy atom. The predicted octanol–water partition coefficient (Wildman–Crippen LogP) is 5.20. The lowest BCUT2D eigenvalue weighted by molar-refractivity contribution is -0.136. The fraction of sp³-hybridized carbons (Fsp3) is 0.667. The molecule has 2 rings (SSSR count). The maximum absolute atomic E-state index is 13.1. The second kappa shape index (κ2) is 6.66. The summed E-state index contributed by atoms with van der Waals surface area (Å²) in [5, 5.41) is 0. The molecule has 3 heteroatoms. The highest BCUT2D eigenvalue weighted by Gasteiger charge is 2.37. The van der Waals surface area contributed by atoms with Gasteiger partial charge in [0.05, 0.1) is 13.5 Å². The Labute approximate surface area is 149 Å². The number of carbonyl (C=O) groups excluding carboxylic acids is 1. The largest absolute Gasteiger partial charge is 0.343 e. The molecule has 1 aromatic rings. The molecule has 0 aromatic heterocycles. The molecule has 0 aliphatic carbocycles. The summed E-state index contributed by atoms with van der Waals surface area (Å²) in [5.74, 6) is 0.287. The van der Waals surface area contributed by atoms with E-state index in [-0.39, 0.29) is 11.3 Å². The van der Waals surface area contributed by atoms with Crippen molar-refractivity contribution in [1.29, 1.82) is 0 Å². The molecule has 0 atom stereocenters. The maximum atomic E-state index is 13.1. The van der Waals surface area contributed by atoms with E-state index in [1.165, 1.54) is 17.7 Å². The first kappa shape index (κ1) is 19.2. The fourth-order valence-corrected chi connectivity index (χ4v) is 5.38. The van der Waals surface area contributed by atoms with Gasteiger partial charge < -0.3 is 4.90 Å². The standard InChI is InChI=1S/C21H35NOSi/c1-8-20(2,3)17-9-11-18(12-10-17)21(4,5)19(23)22-13-15-24(6,7)16-14-22/h9-12H,8,13-16H2,1-7H3. The Bertz CT molecular complexity index is 576. The van der Waals surface area contributed by atoms with Crippen molar-refractivity contribution in [2.75, 3.05) is 13.1 Å². The van der Waals surface area contributed by atoms with E-state index in [1.807, 2.05) is 0 Å². The van der Waals surface area contributed by atoms with Crippen molar-refractivity contribution in [2.45, 2.75) is 77.1 Å². The van der Waals surface area contributed by atoms with Gasteiger partial charge in [-0.25, -0.2) is 0 Å². The van der Waals surface area contributed by atoms with E-state index in [4.69, 9.17) is 0 Å². The first-order chi connectivity index (χ1) is 11.0. The molecular weight excluding hydrogens is 310 g/mol. The molecule has 1 amide bonds. The van der Waals surface area contributed by atoms with Crippen LogP contribution in [0.15, 0.2) is 24.3 Å². The molecular formula is C21H35NOSi. The Morgan fingerprint density at radius 3 is 1.92 bits per heavy atom. The highest BCUT2D eigenvalue weighted by Crippen LogP contribution is 2.32. The van der Waals surface area contributed by atoms with Crippen LogP contribution in [-0.2, 0) is 15.6 Å². The topological polar surface area (TPSA) is 20.3 Å². The summed E-state index contributed by atoms with van der Waals surface area (Å²) in [5.41, 5.74) is 2.22. The first-order valence-corrected chi connectivity index (χ1v) is 12.8. The molecule has 1 aliphatic heterocycles. The van der Waals surface area contributed by atoms with Crippen molar-refractivity contribution in [1.82, 2.24) is 4.90 Å². The lowest BCUT2D eigenvalue weighted by Crippen LogP contribution is -2.50. The number of amides is 1. The van der Waals surface area contributed by atoms with Crippen LogP contribution in [0.5, 0.6) is 0 Å². The van der Waals surface area contributed by atoms with E-state index in [0.29, 0.717) is 0 Å². The van der Waals surface area contributed by atoms with Gasteiger partial charge in [0.2, 0.25) is 5.91 Å². The lowest BCUT2D eigenvalue weighted by Gasteiger charge is -2.39. The molecule has 0 unspecified atom stereocenters. The van der Waals surface area contributed by atoms with Crippen LogP contribution in [0.1, 0.15) is 52.2 Å². The molecule has 1 fully saturated rings. The Balaban J connectivity index is 2.16. The molecule has 2 nitrogen and oxygen atoms in total. The summed E-state index contributed by atoms with van der Waals surface area (Å²) >= 11 is 0. The number of benzene rings is 1. The Morgan fingerprint density at radius 1 is 1.00 bits per heavy atom. The van der Waals surface area contributed by atoms with Crippen LogP contribution >= 0.6 is 0 Å². The van der Waals surface area contributed by atoms with Gasteiger partial charge in [0.25, 0.3) is 0 Å². The minimum atomic E-state index is -1.04. The quantitative estimate of drug-likeness (QED) is 0.687. The molecule has 1 aliphatic rings. The second-order valence-electron chi connectivity index (χ2n) is 9.40. The lowest BCUT2D eigenvalue weighted by atomic mass is 9.78. The van der Waals surface area contributed by atoms with Crippen LogP contribution in [0.3, 0.4) is 0 Å². The number of hydrogen-bond donors (Lipinski definition) is 0. The van der Waals surface area contributed by atoms with E-state index in [1.54, 1.807) is 0 Å². The summed E-state index contributed by atoms with van der Waals surface area (Å²) in [7, 11) is -1.04. The zero-order valence-corrected chi connectivity index (χ0v) is 17.7. The van der Waals surface area contributed by atoms with E-state index >= 15 is 0 Å². The van der Waals surface area contributed by atoms with Gasteiger partial charge >= 0.3 is 0 Å². The average molecular weight is 346 g/mol. The molecule has 0 N–H and O–H groups in total.